The Bertz CT molecular complexity index is 4050. The van der Waals surface area contributed by atoms with Crippen LogP contribution in [0.5, 0.6) is 0 Å². The van der Waals surface area contributed by atoms with Crippen LogP contribution in [0.2, 0.25) is 0 Å². The molecule has 0 bridgehead atoms. The predicted octanol–water partition coefficient (Wildman–Crippen LogP) is 18.5. The maximum atomic E-state index is 2.57. The normalized spacial score (nSPS) is 14.9. The van der Waals surface area contributed by atoms with Crippen molar-refractivity contribution in [1.82, 2.24) is 0 Å². The van der Waals surface area contributed by atoms with Gasteiger partial charge in [0.25, 0.3) is 0 Å². The Morgan fingerprint density at radius 3 is 1.20 bits per heavy atom. The minimum atomic E-state index is -0.636. The molecule has 12 aromatic carbocycles. The van der Waals surface area contributed by atoms with Crippen LogP contribution in [-0.4, -0.2) is 0 Å². The number of hydrogen-bond acceptors (Lipinski definition) is 2. The third-order valence-electron chi connectivity index (χ3n) is 16.3. The van der Waals surface area contributed by atoms with Crippen molar-refractivity contribution >= 4 is 44.9 Å². The number of anilines is 6. The van der Waals surface area contributed by atoms with Crippen LogP contribution in [0.3, 0.4) is 0 Å². The molecule has 1 spiro atoms. The minimum Gasteiger partial charge on any atom is -0.310 e. The lowest BCUT2D eigenvalue weighted by Crippen LogP contribution is -2.28. The highest BCUT2D eigenvalue weighted by Gasteiger charge is 2.54. The smallest absolute Gasteiger partial charge is 0.0727 e. The molecule has 3 aliphatic carbocycles. The maximum Gasteiger partial charge on any atom is 0.0727 e. The van der Waals surface area contributed by atoms with Gasteiger partial charge in [-0.3, -0.25) is 0 Å². The van der Waals surface area contributed by atoms with Crippen LogP contribution in [-0.2, 0) is 10.8 Å². The van der Waals surface area contributed by atoms with Gasteiger partial charge >= 0.3 is 0 Å². The zero-order valence-corrected chi connectivity index (χ0v) is 40.6. The average Bonchev–Trinajstić information content (AvgIpc) is 4.09. The van der Waals surface area contributed by atoms with E-state index in [4.69, 9.17) is 0 Å². The highest BCUT2D eigenvalue weighted by molar-refractivity contribution is 6.13. The molecule has 2 heteroatoms. The summed E-state index contributed by atoms with van der Waals surface area (Å²) in [5.74, 6) is 0. The van der Waals surface area contributed by atoms with Crippen LogP contribution in [0.15, 0.2) is 291 Å². The molecule has 0 saturated heterocycles. The van der Waals surface area contributed by atoms with Crippen molar-refractivity contribution in [2.45, 2.75) is 10.8 Å². The van der Waals surface area contributed by atoms with Gasteiger partial charge in [-0.05, 0) is 138 Å². The van der Waals surface area contributed by atoms with Gasteiger partial charge in [0, 0.05) is 33.7 Å². The van der Waals surface area contributed by atoms with E-state index in [1.807, 2.05) is 0 Å². The van der Waals surface area contributed by atoms with Gasteiger partial charge in [-0.15, -0.1) is 0 Å². The maximum absolute atomic E-state index is 2.57. The number of hydrogen-bond donors (Lipinski definition) is 0. The molecule has 0 heterocycles. The summed E-state index contributed by atoms with van der Waals surface area (Å²) in [6.45, 7) is 0. The van der Waals surface area contributed by atoms with Crippen LogP contribution in [0.4, 0.5) is 34.1 Å². The van der Waals surface area contributed by atoms with E-state index >= 15 is 0 Å². The fourth-order valence-corrected chi connectivity index (χ4v) is 13.5. The van der Waals surface area contributed by atoms with Crippen LogP contribution >= 0.6 is 0 Å². The summed E-state index contributed by atoms with van der Waals surface area (Å²) in [6.07, 6.45) is 0. The molecule has 3 aliphatic rings. The Morgan fingerprint density at radius 2 is 0.635 bits per heavy atom. The Morgan fingerprint density at radius 1 is 0.216 bits per heavy atom. The van der Waals surface area contributed by atoms with E-state index in [9.17, 15) is 0 Å². The lowest BCUT2D eigenvalue weighted by Gasteiger charge is -2.35. The molecule has 346 valence electrons. The Kier molecular flexibility index (Phi) is 9.43. The lowest BCUT2D eigenvalue weighted by molar-refractivity contribution is 0.768. The van der Waals surface area contributed by atoms with Crippen LogP contribution in [0, 0.1) is 0 Å². The highest BCUT2D eigenvalue weighted by Crippen LogP contribution is 2.67. The summed E-state index contributed by atoms with van der Waals surface area (Å²) in [4.78, 5) is 4.98. The first-order chi connectivity index (χ1) is 36.8. The summed E-state index contributed by atoms with van der Waals surface area (Å²) in [5, 5.41) is 2.43. The van der Waals surface area contributed by atoms with Gasteiger partial charge < -0.3 is 9.80 Å². The van der Waals surface area contributed by atoms with Crippen LogP contribution in [0.25, 0.3) is 44.2 Å². The van der Waals surface area contributed by atoms with Crippen LogP contribution < -0.4 is 9.80 Å². The Balaban J connectivity index is 1.03. The van der Waals surface area contributed by atoms with Crippen LogP contribution in [0.1, 0.15) is 44.5 Å². The molecular formula is C72H48N2. The SMILES string of the molecule is c1ccc(N(c2ccccc2)c2cccc3c2-c2ccccc2C32c3ccccc3-c3c2cc(N(c2ccccc2)c2ccc4c(c2)C(c2ccccc2)(c2ccccc2)c2ccccc2-4)c2ccccc32)cc1. The molecule has 74 heavy (non-hydrogen) atoms. The molecule has 0 aliphatic heterocycles. The Hall–Kier alpha value is -9.50. The van der Waals surface area contributed by atoms with Gasteiger partial charge in [0.1, 0.15) is 0 Å². The molecule has 2 nitrogen and oxygen atoms in total. The van der Waals surface area contributed by atoms with E-state index in [1.54, 1.807) is 0 Å². The summed E-state index contributed by atoms with van der Waals surface area (Å²) in [5.41, 5.74) is 23.4. The van der Waals surface area contributed by atoms with Crippen molar-refractivity contribution in [1.29, 1.82) is 0 Å². The second kappa shape index (κ2) is 16.5. The van der Waals surface area contributed by atoms with E-state index < -0.39 is 10.8 Å². The first-order valence-corrected chi connectivity index (χ1v) is 25.8. The summed E-state index contributed by atoms with van der Waals surface area (Å²) < 4.78 is 0. The van der Waals surface area contributed by atoms with Gasteiger partial charge in [0.2, 0.25) is 0 Å². The largest absolute Gasteiger partial charge is 0.310 e. The molecule has 0 radical (unpaired) electrons. The minimum absolute atomic E-state index is 0.555. The van der Waals surface area contributed by atoms with Gasteiger partial charge in [-0.25, -0.2) is 0 Å². The molecule has 0 fully saturated rings. The zero-order chi connectivity index (χ0) is 48.8. The molecule has 1 atom stereocenters. The molecule has 12 aromatic rings. The molecule has 15 rings (SSSR count). The van der Waals surface area contributed by atoms with E-state index in [0.717, 1.165) is 34.1 Å². The second-order valence-corrected chi connectivity index (χ2v) is 19.8. The first kappa shape index (κ1) is 42.2. The van der Waals surface area contributed by atoms with Crippen molar-refractivity contribution in [2.24, 2.45) is 0 Å². The van der Waals surface area contributed by atoms with Gasteiger partial charge in [0.05, 0.1) is 22.2 Å². The zero-order valence-electron chi connectivity index (χ0n) is 40.6. The van der Waals surface area contributed by atoms with Crippen molar-refractivity contribution in [2.75, 3.05) is 9.80 Å². The van der Waals surface area contributed by atoms with Gasteiger partial charge in [0.15, 0.2) is 0 Å². The summed E-state index contributed by atoms with van der Waals surface area (Å²) >= 11 is 0. The van der Waals surface area contributed by atoms with Crippen molar-refractivity contribution in [3.63, 3.8) is 0 Å². The number of fused-ring (bicyclic) bond motifs is 15. The predicted molar refractivity (Wildman–Crippen MR) is 307 cm³/mol. The third kappa shape index (κ3) is 5.82. The standard InChI is InChI=1S/C72H48N2/c1-6-25-49(26-7-1)71(50-27-8-2-9-28-50)61-40-21-18-35-55(61)56-46-45-54(47-65(56)71)74(53-33-14-5-15-34-53)68-48-66-69(58-37-17-16-36-57(58)68)59-38-19-22-41-62(59)72(66)63-42-23-20-39-60(63)70-64(72)43-24-44-67(70)73(51-29-10-3-11-30-51)52-31-12-4-13-32-52/h1-48H. The molecule has 1 unspecified atom stereocenters. The van der Waals surface area contributed by atoms with E-state index in [2.05, 4.69) is 301 Å². The van der Waals surface area contributed by atoms with E-state index in [1.165, 1.54) is 88.7 Å². The molecule has 0 amide bonds. The van der Waals surface area contributed by atoms with Crippen molar-refractivity contribution < 1.29 is 0 Å². The number of nitrogens with zero attached hydrogens (tertiary/aromatic N) is 2. The Labute approximate surface area is 432 Å². The van der Waals surface area contributed by atoms with E-state index in [-0.39, 0.29) is 0 Å². The fourth-order valence-electron chi connectivity index (χ4n) is 13.5. The van der Waals surface area contributed by atoms with Gasteiger partial charge in [-0.2, -0.15) is 0 Å². The first-order valence-electron chi connectivity index (χ1n) is 25.8. The molecular weight excluding hydrogens is 893 g/mol. The quantitative estimate of drug-likeness (QED) is 0.150. The van der Waals surface area contributed by atoms with Crippen molar-refractivity contribution in [3.05, 3.63) is 336 Å². The summed E-state index contributed by atoms with van der Waals surface area (Å²) in [7, 11) is 0. The van der Waals surface area contributed by atoms with Crippen molar-refractivity contribution in [3.8, 4) is 33.4 Å². The number of benzene rings is 12. The monoisotopic (exact) mass is 940 g/mol. The molecule has 0 N–H and O–H groups in total. The highest BCUT2D eigenvalue weighted by atomic mass is 15.2. The number of para-hydroxylation sites is 3. The van der Waals surface area contributed by atoms with E-state index in [0.29, 0.717) is 0 Å². The summed E-state index contributed by atoms with van der Waals surface area (Å²) in [6, 6.07) is 108. The van der Waals surface area contributed by atoms with Gasteiger partial charge in [-0.1, -0.05) is 231 Å². The third-order valence-corrected chi connectivity index (χ3v) is 16.3. The molecule has 0 aromatic heterocycles. The molecule has 0 saturated carbocycles. The fraction of sp³-hybridized carbons (Fsp3) is 0.0278. The second-order valence-electron chi connectivity index (χ2n) is 19.8. The topological polar surface area (TPSA) is 6.48 Å². The number of rotatable bonds is 8. The lowest BCUT2D eigenvalue weighted by atomic mass is 9.67. The average molecular weight is 941 g/mol.